The summed E-state index contributed by atoms with van der Waals surface area (Å²) in [5.41, 5.74) is 0.466. The number of nitrogens with zero attached hydrogens (tertiary/aromatic N) is 4. The molecule has 7 heteroatoms. The maximum atomic E-state index is 10.5. The summed E-state index contributed by atoms with van der Waals surface area (Å²) in [5, 5.41) is 17.2. The monoisotopic (exact) mass is 238 g/mol. The van der Waals surface area contributed by atoms with Crippen LogP contribution in [0, 0.1) is 6.92 Å². The third-order valence-corrected chi connectivity index (χ3v) is 2.80. The van der Waals surface area contributed by atoms with E-state index in [0.29, 0.717) is 12.2 Å². The smallest absolute Gasteiger partial charge is 0.309 e. The van der Waals surface area contributed by atoms with Crippen LogP contribution in [-0.4, -0.2) is 31.1 Å². The Morgan fingerprint density at radius 3 is 3.06 bits per heavy atom. The van der Waals surface area contributed by atoms with Crippen LogP contribution < -0.4 is 0 Å². The number of carbonyl (C=O) groups is 1. The van der Waals surface area contributed by atoms with Gasteiger partial charge in [-0.1, -0.05) is 5.21 Å². The van der Waals surface area contributed by atoms with Crippen molar-refractivity contribution in [3.63, 3.8) is 0 Å². The van der Waals surface area contributed by atoms with Crippen LogP contribution in [0.3, 0.4) is 0 Å². The van der Waals surface area contributed by atoms with Crippen LogP contribution in [0.25, 0.3) is 0 Å². The van der Waals surface area contributed by atoms with Crippen molar-refractivity contribution in [2.45, 2.75) is 19.9 Å². The third kappa shape index (κ3) is 2.63. The van der Waals surface area contributed by atoms with Gasteiger partial charge in [-0.05, 0) is 6.92 Å². The number of thiazole rings is 1. The average molecular weight is 238 g/mol. The van der Waals surface area contributed by atoms with Gasteiger partial charge in [0, 0.05) is 17.3 Å². The number of aliphatic carboxylic acids is 1. The molecule has 0 aliphatic rings. The molecule has 0 bridgehead atoms. The van der Waals surface area contributed by atoms with E-state index in [1.165, 1.54) is 0 Å². The molecule has 0 amide bonds. The van der Waals surface area contributed by atoms with Crippen LogP contribution >= 0.6 is 11.3 Å². The van der Waals surface area contributed by atoms with Gasteiger partial charge in [0.25, 0.3) is 0 Å². The Balaban J connectivity index is 2.05. The van der Waals surface area contributed by atoms with Gasteiger partial charge in [-0.25, -0.2) is 9.67 Å². The molecule has 0 spiro atoms. The van der Waals surface area contributed by atoms with E-state index in [-0.39, 0.29) is 6.42 Å². The average Bonchev–Trinajstić information content (AvgIpc) is 2.76. The topological polar surface area (TPSA) is 80.9 Å². The zero-order valence-corrected chi connectivity index (χ0v) is 9.44. The van der Waals surface area contributed by atoms with Gasteiger partial charge in [0.2, 0.25) is 0 Å². The Morgan fingerprint density at radius 1 is 1.62 bits per heavy atom. The predicted molar refractivity (Wildman–Crippen MR) is 57.3 cm³/mol. The number of carboxylic acid groups (broad SMARTS) is 1. The Hall–Kier alpha value is -1.76. The van der Waals surface area contributed by atoms with Gasteiger partial charge in [-0.3, -0.25) is 4.79 Å². The summed E-state index contributed by atoms with van der Waals surface area (Å²) >= 11 is 1.59. The van der Waals surface area contributed by atoms with Crippen molar-refractivity contribution in [2.24, 2.45) is 0 Å². The van der Waals surface area contributed by atoms with Crippen molar-refractivity contribution in [3.8, 4) is 0 Å². The number of aryl methyl sites for hydroxylation is 1. The first-order valence-corrected chi connectivity index (χ1v) is 5.47. The lowest BCUT2D eigenvalue weighted by Gasteiger charge is -1.94. The maximum Gasteiger partial charge on any atom is 0.309 e. The summed E-state index contributed by atoms with van der Waals surface area (Å²) < 4.78 is 1.62. The number of hydrogen-bond acceptors (Lipinski definition) is 5. The Kier molecular flexibility index (Phi) is 2.95. The minimum atomic E-state index is -0.902. The third-order valence-electron chi connectivity index (χ3n) is 1.91. The molecule has 6 nitrogen and oxygen atoms in total. The normalized spacial score (nSPS) is 10.6. The van der Waals surface area contributed by atoms with Crippen LogP contribution in [-0.2, 0) is 17.8 Å². The van der Waals surface area contributed by atoms with E-state index in [1.807, 2.05) is 6.92 Å². The minimum absolute atomic E-state index is 0.0955. The SMILES string of the molecule is Cc1ncc(Cn2cc(CC(=O)O)nn2)s1. The molecule has 0 aliphatic carbocycles. The highest BCUT2D eigenvalue weighted by molar-refractivity contribution is 7.11. The standard InChI is InChI=1S/C9H10N4O2S/c1-6-10-3-8(16-6)5-13-4-7(11-12-13)2-9(14)15/h3-4H,2,5H2,1H3,(H,14,15). The van der Waals surface area contributed by atoms with E-state index in [4.69, 9.17) is 5.11 Å². The van der Waals surface area contributed by atoms with E-state index in [0.717, 1.165) is 9.88 Å². The molecule has 0 aromatic carbocycles. The van der Waals surface area contributed by atoms with E-state index >= 15 is 0 Å². The lowest BCUT2D eigenvalue weighted by Crippen LogP contribution is -2.00. The number of hydrogen-bond donors (Lipinski definition) is 1. The second kappa shape index (κ2) is 4.40. The van der Waals surface area contributed by atoms with E-state index in [2.05, 4.69) is 15.3 Å². The molecule has 0 saturated carbocycles. The highest BCUT2D eigenvalue weighted by atomic mass is 32.1. The molecule has 16 heavy (non-hydrogen) atoms. The Bertz CT molecular complexity index is 505. The van der Waals surface area contributed by atoms with Crippen molar-refractivity contribution in [3.05, 3.63) is 28.0 Å². The van der Waals surface area contributed by atoms with E-state index in [9.17, 15) is 4.79 Å². The molecule has 0 atom stereocenters. The minimum Gasteiger partial charge on any atom is -0.481 e. The summed E-state index contributed by atoms with van der Waals surface area (Å²) in [4.78, 5) is 15.7. The van der Waals surface area contributed by atoms with Gasteiger partial charge in [-0.15, -0.1) is 16.4 Å². The molecule has 2 aromatic heterocycles. The lowest BCUT2D eigenvalue weighted by atomic mass is 10.3. The van der Waals surface area contributed by atoms with Crippen molar-refractivity contribution in [1.82, 2.24) is 20.0 Å². The van der Waals surface area contributed by atoms with Gasteiger partial charge >= 0.3 is 5.97 Å². The summed E-state index contributed by atoms with van der Waals surface area (Å²) in [6.07, 6.45) is 3.34. The molecule has 0 fully saturated rings. The predicted octanol–water partition coefficient (Wildman–Crippen LogP) is 0.718. The van der Waals surface area contributed by atoms with E-state index < -0.39 is 5.97 Å². The first-order valence-electron chi connectivity index (χ1n) is 4.65. The van der Waals surface area contributed by atoms with Crippen LogP contribution in [0.4, 0.5) is 0 Å². The van der Waals surface area contributed by atoms with Crippen LogP contribution in [0.15, 0.2) is 12.4 Å². The zero-order valence-electron chi connectivity index (χ0n) is 8.62. The highest BCUT2D eigenvalue weighted by Crippen LogP contribution is 2.12. The van der Waals surface area contributed by atoms with Crippen LogP contribution in [0.1, 0.15) is 15.6 Å². The van der Waals surface area contributed by atoms with Crippen molar-refractivity contribution < 1.29 is 9.90 Å². The molecule has 0 saturated heterocycles. The highest BCUT2D eigenvalue weighted by Gasteiger charge is 2.06. The molecule has 2 heterocycles. The first kappa shape index (κ1) is 10.7. The largest absolute Gasteiger partial charge is 0.481 e. The molecule has 2 rings (SSSR count). The fourth-order valence-electron chi connectivity index (χ4n) is 1.29. The molecule has 0 unspecified atom stereocenters. The molecule has 84 valence electrons. The molecule has 0 aliphatic heterocycles. The zero-order chi connectivity index (χ0) is 11.5. The molecule has 1 N–H and O–H groups in total. The van der Waals surface area contributed by atoms with Gasteiger partial charge in [-0.2, -0.15) is 0 Å². The molecule has 2 aromatic rings. The number of rotatable bonds is 4. The summed E-state index contributed by atoms with van der Waals surface area (Å²) in [5.74, 6) is -0.902. The second-order valence-electron chi connectivity index (χ2n) is 3.32. The van der Waals surface area contributed by atoms with Gasteiger partial charge < -0.3 is 5.11 Å². The van der Waals surface area contributed by atoms with Crippen molar-refractivity contribution in [2.75, 3.05) is 0 Å². The first-order chi connectivity index (χ1) is 7.63. The summed E-state index contributed by atoms with van der Waals surface area (Å²) in [6.45, 7) is 2.52. The Labute approximate surface area is 95.6 Å². The van der Waals surface area contributed by atoms with Gasteiger partial charge in [0.15, 0.2) is 0 Å². The lowest BCUT2D eigenvalue weighted by molar-refractivity contribution is -0.136. The quantitative estimate of drug-likeness (QED) is 0.848. The van der Waals surface area contributed by atoms with Gasteiger partial charge in [0.1, 0.15) is 0 Å². The summed E-state index contributed by atoms with van der Waals surface area (Å²) in [7, 11) is 0. The fourth-order valence-corrected chi connectivity index (χ4v) is 2.08. The van der Waals surface area contributed by atoms with E-state index in [1.54, 1.807) is 28.4 Å². The molecular weight excluding hydrogens is 228 g/mol. The number of aromatic nitrogens is 4. The second-order valence-corrected chi connectivity index (χ2v) is 4.64. The molecular formula is C9H10N4O2S. The molecule has 0 radical (unpaired) electrons. The summed E-state index contributed by atoms with van der Waals surface area (Å²) in [6, 6.07) is 0. The van der Waals surface area contributed by atoms with Crippen LogP contribution in [0.5, 0.6) is 0 Å². The van der Waals surface area contributed by atoms with Gasteiger partial charge in [0.05, 0.1) is 23.7 Å². The van der Waals surface area contributed by atoms with Crippen molar-refractivity contribution >= 4 is 17.3 Å². The van der Waals surface area contributed by atoms with Crippen LogP contribution in [0.2, 0.25) is 0 Å². The Morgan fingerprint density at radius 2 is 2.44 bits per heavy atom. The van der Waals surface area contributed by atoms with Crippen molar-refractivity contribution in [1.29, 1.82) is 0 Å². The number of carboxylic acids is 1. The maximum absolute atomic E-state index is 10.5. The fraction of sp³-hybridized carbons (Fsp3) is 0.333.